The molecule has 0 unspecified atom stereocenters. The summed E-state index contributed by atoms with van der Waals surface area (Å²) in [6, 6.07) is 11.2. The summed E-state index contributed by atoms with van der Waals surface area (Å²) in [6.07, 6.45) is 16.9. The zero-order valence-electron chi connectivity index (χ0n) is 19.3. The number of unbranched alkanes of at least 4 members (excludes halogenated alkanes) is 11. The number of benzene rings is 2. The molecule has 0 heterocycles. The molecular weight excluding hydrogens is 424 g/mol. The van der Waals surface area contributed by atoms with Crippen molar-refractivity contribution in [2.24, 2.45) is 0 Å². The Bertz CT molecular complexity index is 908. The van der Waals surface area contributed by atoms with Gasteiger partial charge in [0.2, 0.25) is 0 Å². The van der Waals surface area contributed by atoms with Gasteiger partial charge < -0.3 is 9.84 Å². The van der Waals surface area contributed by atoms with Crippen molar-refractivity contribution in [2.45, 2.75) is 95.3 Å². The van der Waals surface area contributed by atoms with Crippen LogP contribution in [0, 0.1) is 0 Å². The molecule has 32 heavy (non-hydrogen) atoms. The zero-order chi connectivity index (χ0) is 23.2. The molecular formula is C26H38O5S. The second kappa shape index (κ2) is 14.2. The Morgan fingerprint density at radius 3 is 1.94 bits per heavy atom. The van der Waals surface area contributed by atoms with E-state index in [0.29, 0.717) is 5.75 Å². The number of phenolic OH excluding ortho intramolecular Hbond substituents is 1. The van der Waals surface area contributed by atoms with E-state index < -0.39 is 10.1 Å². The lowest BCUT2D eigenvalue weighted by atomic mass is 10.0. The minimum Gasteiger partial charge on any atom is -0.504 e. The molecule has 0 bridgehead atoms. The molecule has 6 heteroatoms. The molecule has 0 fully saturated rings. The van der Waals surface area contributed by atoms with E-state index in [2.05, 4.69) is 13.0 Å². The summed E-state index contributed by atoms with van der Waals surface area (Å²) >= 11 is 0. The van der Waals surface area contributed by atoms with Crippen molar-refractivity contribution in [3.05, 3.63) is 48.0 Å². The highest BCUT2D eigenvalue weighted by Crippen LogP contribution is 2.33. The van der Waals surface area contributed by atoms with Crippen LogP contribution in [0.1, 0.15) is 89.5 Å². The smallest absolute Gasteiger partial charge is 0.294 e. The van der Waals surface area contributed by atoms with Crippen molar-refractivity contribution in [3.63, 3.8) is 0 Å². The van der Waals surface area contributed by atoms with Crippen LogP contribution >= 0.6 is 0 Å². The van der Waals surface area contributed by atoms with Gasteiger partial charge in [0.1, 0.15) is 5.75 Å². The minimum atomic E-state index is -4.36. The van der Waals surface area contributed by atoms with Crippen molar-refractivity contribution >= 4 is 10.1 Å². The van der Waals surface area contributed by atoms with E-state index in [1.54, 1.807) is 6.07 Å². The van der Waals surface area contributed by atoms with Crippen LogP contribution in [0.4, 0.5) is 0 Å². The molecule has 0 aliphatic heterocycles. The molecule has 0 aromatic heterocycles. The average Bonchev–Trinajstić information content (AvgIpc) is 2.75. The lowest BCUT2D eigenvalue weighted by Gasteiger charge is -2.10. The lowest BCUT2D eigenvalue weighted by Crippen LogP contribution is -1.98. The Morgan fingerprint density at radius 2 is 1.38 bits per heavy atom. The molecule has 0 spiro atoms. The van der Waals surface area contributed by atoms with E-state index in [-0.39, 0.29) is 16.4 Å². The van der Waals surface area contributed by atoms with Crippen LogP contribution in [0.3, 0.4) is 0 Å². The molecule has 178 valence electrons. The van der Waals surface area contributed by atoms with Crippen molar-refractivity contribution < 1.29 is 22.8 Å². The Kier molecular flexibility index (Phi) is 11.6. The van der Waals surface area contributed by atoms with Gasteiger partial charge in [-0.05, 0) is 42.7 Å². The van der Waals surface area contributed by atoms with Gasteiger partial charge in [0.25, 0.3) is 10.1 Å². The van der Waals surface area contributed by atoms with Crippen molar-refractivity contribution in [3.8, 4) is 17.2 Å². The highest BCUT2D eigenvalue weighted by atomic mass is 32.2. The molecule has 2 rings (SSSR count). The standard InChI is InChI=1S/C26H38O5S/c1-2-3-4-5-6-7-8-9-10-11-12-13-15-22-16-14-17-23(20-22)31-26-19-18-24(21-25(26)27)32(28,29)30/h14,16-21,27H,2-13,15H2,1H3,(H,28,29,30). The largest absolute Gasteiger partial charge is 0.504 e. The summed E-state index contributed by atoms with van der Waals surface area (Å²) in [6.45, 7) is 2.26. The molecule has 0 atom stereocenters. The molecule has 5 nitrogen and oxygen atoms in total. The van der Waals surface area contributed by atoms with Gasteiger partial charge in [-0.15, -0.1) is 0 Å². The first-order valence-electron chi connectivity index (χ1n) is 12.0. The van der Waals surface area contributed by atoms with E-state index >= 15 is 0 Å². The van der Waals surface area contributed by atoms with Crippen molar-refractivity contribution in [1.29, 1.82) is 0 Å². The molecule has 0 amide bonds. The third-order valence-corrected chi connectivity index (χ3v) is 6.52. The quantitative estimate of drug-likeness (QED) is 0.197. The monoisotopic (exact) mass is 462 g/mol. The van der Waals surface area contributed by atoms with Gasteiger partial charge >= 0.3 is 0 Å². The normalized spacial score (nSPS) is 11.6. The minimum absolute atomic E-state index is 0.139. The molecule has 0 saturated carbocycles. The fourth-order valence-corrected chi connectivity index (χ4v) is 4.31. The van der Waals surface area contributed by atoms with E-state index in [9.17, 15) is 13.5 Å². The van der Waals surface area contributed by atoms with Gasteiger partial charge in [-0.3, -0.25) is 4.55 Å². The second-order valence-corrected chi connectivity index (χ2v) is 9.91. The molecule has 0 saturated heterocycles. The third-order valence-electron chi connectivity index (χ3n) is 5.67. The first-order chi connectivity index (χ1) is 15.4. The number of hydrogen-bond acceptors (Lipinski definition) is 4. The van der Waals surface area contributed by atoms with Gasteiger partial charge in [0, 0.05) is 6.07 Å². The molecule has 2 N–H and O–H groups in total. The molecule has 0 radical (unpaired) electrons. The first-order valence-corrected chi connectivity index (χ1v) is 13.4. The summed E-state index contributed by atoms with van der Waals surface area (Å²) in [7, 11) is -4.36. The number of aromatic hydroxyl groups is 1. The summed E-state index contributed by atoms with van der Waals surface area (Å²) < 4.78 is 37.1. The fraction of sp³-hybridized carbons (Fsp3) is 0.538. The van der Waals surface area contributed by atoms with Crippen LogP contribution in [0.2, 0.25) is 0 Å². The number of ether oxygens (including phenoxy) is 1. The maximum Gasteiger partial charge on any atom is 0.294 e. The van der Waals surface area contributed by atoms with Crippen molar-refractivity contribution in [1.82, 2.24) is 0 Å². The van der Waals surface area contributed by atoms with Crippen LogP contribution in [0.15, 0.2) is 47.4 Å². The van der Waals surface area contributed by atoms with Gasteiger partial charge in [0.15, 0.2) is 11.5 Å². The van der Waals surface area contributed by atoms with Gasteiger partial charge in [-0.1, -0.05) is 89.7 Å². The predicted octanol–water partition coefficient (Wildman–Crippen LogP) is 7.67. The molecule has 0 aliphatic carbocycles. The Hall–Kier alpha value is -2.05. The van der Waals surface area contributed by atoms with Crippen molar-refractivity contribution in [2.75, 3.05) is 0 Å². The van der Waals surface area contributed by atoms with Gasteiger partial charge in [-0.2, -0.15) is 8.42 Å². The topological polar surface area (TPSA) is 83.8 Å². The van der Waals surface area contributed by atoms with Gasteiger partial charge in [-0.25, -0.2) is 0 Å². The maximum absolute atomic E-state index is 11.2. The molecule has 2 aromatic rings. The fourth-order valence-electron chi connectivity index (χ4n) is 3.81. The maximum atomic E-state index is 11.2. The highest BCUT2D eigenvalue weighted by Gasteiger charge is 2.13. The van der Waals surface area contributed by atoms with Crippen LogP contribution in [-0.2, 0) is 16.5 Å². The number of rotatable bonds is 16. The van der Waals surface area contributed by atoms with Crippen LogP contribution < -0.4 is 4.74 Å². The second-order valence-electron chi connectivity index (χ2n) is 8.49. The van der Waals surface area contributed by atoms with Crippen LogP contribution in [-0.4, -0.2) is 18.1 Å². The highest BCUT2D eigenvalue weighted by molar-refractivity contribution is 7.85. The Balaban J connectivity index is 1.66. The van der Waals surface area contributed by atoms with E-state index in [0.717, 1.165) is 18.9 Å². The molecule has 0 aliphatic rings. The SMILES string of the molecule is CCCCCCCCCCCCCCc1cccc(Oc2ccc(S(=O)(=O)O)cc2O)c1. The predicted molar refractivity (Wildman–Crippen MR) is 129 cm³/mol. The van der Waals surface area contributed by atoms with E-state index in [4.69, 9.17) is 9.29 Å². The van der Waals surface area contributed by atoms with E-state index in [1.165, 1.54) is 88.3 Å². The van der Waals surface area contributed by atoms with Gasteiger partial charge in [0.05, 0.1) is 4.90 Å². The number of aryl methyl sites for hydroxylation is 1. The summed E-state index contributed by atoms with van der Waals surface area (Å²) in [5.74, 6) is 0.378. The lowest BCUT2D eigenvalue weighted by molar-refractivity contribution is 0.408. The zero-order valence-corrected chi connectivity index (χ0v) is 20.1. The van der Waals surface area contributed by atoms with E-state index in [1.807, 2.05) is 12.1 Å². The number of hydrogen-bond donors (Lipinski definition) is 2. The first kappa shape index (κ1) is 26.2. The van der Waals surface area contributed by atoms with Crippen LogP contribution in [0.25, 0.3) is 0 Å². The molecule has 2 aromatic carbocycles. The Morgan fingerprint density at radius 1 is 0.781 bits per heavy atom. The Labute approximate surface area is 193 Å². The third kappa shape index (κ3) is 10.0. The summed E-state index contributed by atoms with van der Waals surface area (Å²) in [4.78, 5) is -0.372. The number of phenols is 1. The summed E-state index contributed by atoms with van der Waals surface area (Å²) in [5.41, 5.74) is 1.17. The van der Waals surface area contributed by atoms with Crippen LogP contribution in [0.5, 0.6) is 17.2 Å². The average molecular weight is 463 g/mol. The summed E-state index contributed by atoms with van der Waals surface area (Å²) in [5, 5.41) is 10.0.